The summed E-state index contributed by atoms with van der Waals surface area (Å²) in [5, 5.41) is 17.0. The molecule has 0 aliphatic rings. The van der Waals surface area contributed by atoms with Crippen molar-refractivity contribution in [2.45, 2.75) is 33.0 Å². The number of hydrogen-bond acceptors (Lipinski definition) is 6. The number of hydrogen-bond donors (Lipinski definition) is 6. The van der Waals surface area contributed by atoms with Crippen molar-refractivity contribution in [3.63, 3.8) is 0 Å². The molecule has 9 nitrogen and oxygen atoms in total. The van der Waals surface area contributed by atoms with Gasteiger partial charge in [0, 0.05) is 35.0 Å². The lowest BCUT2D eigenvalue weighted by Crippen LogP contribution is -2.54. The number of carbonyl (C=O) groups is 3. The number of hydroxylamine groups is 1. The lowest BCUT2D eigenvalue weighted by molar-refractivity contribution is -0.131. The van der Waals surface area contributed by atoms with Crippen LogP contribution >= 0.6 is 0 Å². The monoisotopic (exact) mass is 533 g/mol. The number of anilines is 1. The molecule has 2 atom stereocenters. The van der Waals surface area contributed by atoms with Gasteiger partial charge in [0.25, 0.3) is 11.8 Å². The summed E-state index contributed by atoms with van der Waals surface area (Å²) in [6.45, 7) is 1.99. The van der Waals surface area contributed by atoms with E-state index in [2.05, 4.69) is 27.8 Å². The average molecular weight is 534 g/mol. The summed E-state index contributed by atoms with van der Waals surface area (Å²) in [5.74, 6) is 4.14. The summed E-state index contributed by atoms with van der Waals surface area (Å²) < 4.78 is 13.2. The molecule has 0 aromatic heterocycles. The fourth-order valence-electron chi connectivity index (χ4n) is 3.39. The maximum atomic E-state index is 13.2. The Bertz CT molecular complexity index is 1330. The lowest BCUT2D eigenvalue weighted by atomic mass is 10.1. The summed E-state index contributed by atoms with van der Waals surface area (Å²) in [5.41, 5.74) is 10.2. The van der Waals surface area contributed by atoms with Gasteiger partial charge in [-0.15, -0.1) is 0 Å². The summed E-state index contributed by atoms with van der Waals surface area (Å²) in [4.78, 5) is 36.2. The molecular weight excluding hydrogens is 501 g/mol. The summed E-state index contributed by atoms with van der Waals surface area (Å²) in [6.07, 6.45) is 0. The van der Waals surface area contributed by atoms with Crippen molar-refractivity contribution >= 4 is 23.4 Å². The van der Waals surface area contributed by atoms with E-state index in [1.54, 1.807) is 60.7 Å². The zero-order valence-electron chi connectivity index (χ0n) is 20.6. The van der Waals surface area contributed by atoms with E-state index in [1.165, 1.54) is 24.5 Å². The molecule has 3 aromatic carbocycles. The first-order valence-electron chi connectivity index (χ1n) is 11.7. The van der Waals surface area contributed by atoms with Gasteiger partial charge < -0.3 is 21.7 Å². The Morgan fingerprint density at radius 3 is 2.15 bits per heavy atom. The molecule has 0 bridgehead atoms. The van der Waals surface area contributed by atoms with Gasteiger partial charge >= 0.3 is 0 Å². The molecule has 0 saturated heterocycles. The number of benzene rings is 3. The highest BCUT2D eigenvalue weighted by molar-refractivity contribution is 5.97. The van der Waals surface area contributed by atoms with Gasteiger partial charge in [-0.2, -0.15) is 0 Å². The van der Waals surface area contributed by atoms with Gasteiger partial charge in [-0.25, -0.2) is 9.87 Å². The molecule has 0 fully saturated rings. The Labute approximate surface area is 227 Å². The quantitative estimate of drug-likeness (QED) is 0.142. The Morgan fingerprint density at radius 2 is 1.59 bits per heavy atom. The second-order valence-corrected chi connectivity index (χ2v) is 8.47. The Kier molecular flexibility index (Phi) is 11.8. The van der Waals surface area contributed by atoms with Gasteiger partial charge in [-0.1, -0.05) is 31.4 Å². The Morgan fingerprint density at radius 1 is 0.974 bits per heavy atom. The zero-order valence-corrected chi connectivity index (χ0v) is 20.6. The number of halogens is 1. The van der Waals surface area contributed by atoms with Gasteiger partial charge in [0.2, 0.25) is 5.91 Å². The van der Waals surface area contributed by atoms with E-state index in [-0.39, 0.29) is 25.7 Å². The van der Waals surface area contributed by atoms with Gasteiger partial charge in [-0.05, 0) is 73.2 Å². The minimum absolute atomic E-state index is 0. The van der Waals surface area contributed by atoms with E-state index < -0.39 is 23.9 Å². The summed E-state index contributed by atoms with van der Waals surface area (Å²) >= 11 is 0. The molecule has 0 aliphatic heterocycles. The van der Waals surface area contributed by atoms with E-state index in [1.807, 2.05) is 0 Å². The van der Waals surface area contributed by atoms with E-state index >= 15 is 0 Å². The van der Waals surface area contributed by atoms with Gasteiger partial charge in [0.15, 0.2) is 0 Å². The zero-order chi connectivity index (χ0) is 27.5. The third-order valence-electron chi connectivity index (χ3n) is 5.38. The van der Waals surface area contributed by atoms with Crippen molar-refractivity contribution in [2.24, 2.45) is 5.73 Å². The molecule has 0 spiro atoms. The minimum Gasteiger partial charge on any atom is -0.339 e. The third-order valence-corrected chi connectivity index (χ3v) is 5.38. The fraction of sp³-hybridized carbons (Fsp3) is 0.207. The van der Waals surface area contributed by atoms with Crippen molar-refractivity contribution in [2.75, 3.05) is 11.9 Å². The highest BCUT2D eigenvalue weighted by atomic mass is 19.1. The van der Waals surface area contributed by atoms with Gasteiger partial charge in [0.05, 0.1) is 6.54 Å². The number of rotatable bonds is 9. The van der Waals surface area contributed by atoms with Crippen LogP contribution in [-0.4, -0.2) is 41.6 Å². The van der Waals surface area contributed by atoms with Crippen LogP contribution in [0.5, 0.6) is 0 Å². The molecular formula is C29H32FN5O4. The summed E-state index contributed by atoms with van der Waals surface area (Å²) in [7, 11) is 0. The normalized spacial score (nSPS) is 11.6. The molecule has 3 rings (SSSR count). The van der Waals surface area contributed by atoms with Crippen LogP contribution in [0.1, 0.15) is 41.4 Å². The molecule has 3 amide bonds. The topological polar surface area (TPSA) is 146 Å². The van der Waals surface area contributed by atoms with Crippen molar-refractivity contribution in [3.05, 3.63) is 101 Å². The molecule has 204 valence electrons. The third kappa shape index (κ3) is 9.68. The number of nitrogens with one attached hydrogen (secondary N) is 4. The lowest BCUT2D eigenvalue weighted by Gasteiger charge is -2.20. The highest BCUT2D eigenvalue weighted by Gasteiger charge is 2.24. The van der Waals surface area contributed by atoms with Gasteiger partial charge in [-0.3, -0.25) is 19.6 Å². The number of amides is 3. The van der Waals surface area contributed by atoms with Crippen LogP contribution in [0.3, 0.4) is 0 Å². The fourth-order valence-corrected chi connectivity index (χ4v) is 3.39. The first kappa shape index (κ1) is 30.7. The summed E-state index contributed by atoms with van der Waals surface area (Å²) in [6, 6.07) is 17.8. The molecule has 3 aromatic rings. The van der Waals surface area contributed by atoms with Crippen molar-refractivity contribution in [1.82, 2.24) is 16.1 Å². The maximum absolute atomic E-state index is 13.2. The van der Waals surface area contributed by atoms with E-state index in [0.717, 1.165) is 11.1 Å². The molecule has 0 radical (unpaired) electrons. The SMILES string of the molecule is C.C[C@@H](N)[C@H](NC(=O)c1ccc(C#Cc2ccc(NC(=O)CNCc3cccc(F)c3)cc2)cc1)C(=O)NO. The predicted octanol–water partition coefficient (Wildman–Crippen LogP) is 2.54. The van der Waals surface area contributed by atoms with Crippen LogP contribution in [0.2, 0.25) is 0 Å². The van der Waals surface area contributed by atoms with Crippen LogP contribution in [0.15, 0.2) is 72.8 Å². The van der Waals surface area contributed by atoms with E-state index in [4.69, 9.17) is 10.9 Å². The first-order valence-corrected chi connectivity index (χ1v) is 11.7. The van der Waals surface area contributed by atoms with Crippen LogP contribution in [-0.2, 0) is 16.1 Å². The maximum Gasteiger partial charge on any atom is 0.267 e. The standard InChI is InChI=1S/C28H28FN5O4.CH4/c1-18(30)26(28(37)34-38)33-27(36)22-11-7-19(8-12-22)5-6-20-9-13-24(14-10-20)32-25(35)17-31-16-21-3-2-4-23(29)15-21;/h2-4,7-15,18,26,31,38H,16-17,30H2,1H3,(H,32,35)(H,33,36)(H,34,37);1H4/t18-,26+;/m1./s1. The van der Waals surface area contributed by atoms with Gasteiger partial charge in [0.1, 0.15) is 11.9 Å². The predicted molar refractivity (Wildman–Crippen MR) is 147 cm³/mol. The molecule has 7 N–H and O–H groups in total. The second kappa shape index (κ2) is 15.0. The molecule has 0 saturated carbocycles. The van der Waals surface area contributed by atoms with Crippen LogP contribution in [0.4, 0.5) is 10.1 Å². The van der Waals surface area contributed by atoms with Crippen LogP contribution in [0.25, 0.3) is 0 Å². The number of carbonyl (C=O) groups excluding carboxylic acids is 3. The molecule has 0 unspecified atom stereocenters. The van der Waals surface area contributed by atoms with Crippen LogP contribution in [0, 0.1) is 17.7 Å². The minimum atomic E-state index is -1.09. The Hall–Kier alpha value is -4.56. The molecule has 0 aliphatic carbocycles. The van der Waals surface area contributed by atoms with Crippen molar-refractivity contribution < 1.29 is 24.0 Å². The molecule has 0 heterocycles. The first-order chi connectivity index (χ1) is 18.2. The highest BCUT2D eigenvalue weighted by Crippen LogP contribution is 2.10. The van der Waals surface area contributed by atoms with Crippen LogP contribution < -0.4 is 27.2 Å². The average Bonchev–Trinajstić information content (AvgIpc) is 2.91. The van der Waals surface area contributed by atoms with Crippen molar-refractivity contribution in [1.29, 1.82) is 0 Å². The van der Waals surface area contributed by atoms with E-state index in [0.29, 0.717) is 23.4 Å². The van der Waals surface area contributed by atoms with E-state index in [9.17, 15) is 18.8 Å². The molecule has 10 heteroatoms. The second-order valence-electron chi connectivity index (χ2n) is 8.47. The smallest absolute Gasteiger partial charge is 0.267 e. The molecule has 39 heavy (non-hydrogen) atoms. The Balaban J connectivity index is 0.00000533. The largest absolute Gasteiger partial charge is 0.339 e. The number of nitrogens with two attached hydrogens (primary N) is 1. The van der Waals surface area contributed by atoms with Crippen molar-refractivity contribution in [3.8, 4) is 11.8 Å².